The van der Waals surface area contributed by atoms with Gasteiger partial charge in [-0.05, 0) is 18.6 Å². The fourth-order valence-corrected chi connectivity index (χ4v) is 2.86. The summed E-state index contributed by atoms with van der Waals surface area (Å²) in [5, 5.41) is 0.867. The standard InChI is InChI=1S/C15H14Cl2N4/c1-2-5-9-14(16)20-13(21-15(9)17)8-12-18-10-6-3-4-7-11(10)19-12/h3-4,6-7H,2,5,8H2,1H3,(H,18,19). The molecule has 0 saturated carbocycles. The van der Waals surface area contributed by atoms with Gasteiger partial charge in [-0.1, -0.05) is 48.7 Å². The maximum atomic E-state index is 6.19. The van der Waals surface area contributed by atoms with E-state index in [0.29, 0.717) is 22.6 Å². The third-order valence-electron chi connectivity index (χ3n) is 3.22. The lowest BCUT2D eigenvalue weighted by atomic mass is 10.2. The van der Waals surface area contributed by atoms with Crippen LogP contribution in [0.2, 0.25) is 10.3 Å². The minimum absolute atomic E-state index is 0.433. The van der Waals surface area contributed by atoms with E-state index in [1.165, 1.54) is 0 Å². The van der Waals surface area contributed by atoms with Crippen LogP contribution < -0.4 is 0 Å². The molecule has 0 amide bonds. The van der Waals surface area contributed by atoms with Gasteiger partial charge in [0.1, 0.15) is 22.0 Å². The number of hydrogen-bond donors (Lipinski definition) is 1. The van der Waals surface area contributed by atoms with Gasteiger partial charge in [-0.15, -0.1) is 0 Å². The van der Waals surface area contributed by atoms with Gasteiger partial charge in [0.15, 0.2) is 0 Å². The Morgan fingerprint density at radius 2 is 1.76 bits per heavy atom. The summed E-state index contributed by atoms with van der Waals surface area (Å²) in [7, 11) is 0. The molecule has 1 N–H and O–H groups in total. The highest BCUT2D eigenvalue weighted by molar-refractivity contribution is 6.34. The Morgan fingerprint density at radius 3 is 2.43 bits per heavy atom. The topological polar surface area (TPSA) is 54.5 Å². The van der Waals surface area contributed by atoms with Crippen molar-refractivity contribution >= 4 is 34.2 Å². The second-order valence-electron chi connectivity index (χ2n) is 4.83. The van der Waals surface area contributed by atoms with E-state index in [1.54, 1.807) is 0 Å². The molecule has 0 aliphatic carbocycles. The number of aromatic nitrogens is 4. The average Bonchev–Trinajstić information content (AvgIpc) is 2.85. The molecule has 0 bridgehead atoms. The highest BCUT2D eigenvalue weighted by Crippen LogP contribution is 2.23. The summed E-state index contributed by atoms with van der Waals surface area (Å²) in [4.78, 5) is 16.4. The first-order valence-corrected chi connectivity index (χ1v) is 7.57. The number of imidazole rings is 1. The number of hydrogen-bond acceptors (Lipinski definition) is 3. The zero-order valence-corrected chi connectivity index (χ0v) is 13.0. The smallest absolute Gasteiger partial charge is 0.139 e. The summed E-state index contributed by atoms with van der Waals surface area (Å²) >= 11 is 12.4. The van der Waals surface area contributed by atoms with E-state index in [0.717, 1.165) is 35.3 Å². The molecule has 0 spiro atoms. The number of H-pyrrole nitrogens is 1. The van der Waals surface area contributed by atoms with Crippen molar-refractivity contribution in [1.29, 1.82) is 0 Å². The van der Waals surface area contributed by atoms with Crippen LogP contribution in [0.4, 0.5) is 0 Å². The molecule has 0 saturated heterocycles. The van der Waals surface area contributed by atoms with Crippen molar-refractivity contribution in [2.75, 3.05) is 0 Å². The highest BCUT2D eigenvalue weighted by Gasteiger charge is 2.12. The monoisotopic (exact) mass is 320 g/mol. The number of nitrogens with zero attached hydrogens (tertiary/aromatic N) is 3. The van der Waals surface area contributed by atoms with Crippen molar-refractivity contribution < 1.29 is 0 Å². The molecule has 0 aliphatic rings. The van der Waals surface area contributed by atoms with Crippen LogP contribution in [-0.4, -0.2) is 19.9 Å². The number of benzene rings is 1. The van der Waals surface area contributed by atoms with Gasteiger partial charge in [-0.3, -0.25) is 0 Å². The van der Waals surface area contributed by atoms with E-state index in [9.17, 15) is 0 Å². The van der Waals surface area contributed by atoms with E-state index in [1.807, 2.05) is 24.3 Å². The van der Waals surface area contributed by atoms with E-state index in [2.05, 4.69) is 26.9 Å². The SMILES string of the molecule is CCCc1c(Cl)nc(Cc2nc3ccccc3[nH]2)nc1Cl. The fraction of sp³-hybridized carbons (Fsp3) is 0.267. The minimum Gasteiger partial charge on any atom is -0.342 e. The molecule has 0 atom stereocenters. The highest BCUT2D eigenvalue weighted by atomic mass is 35.5. The summed E-state index contributed by atoms with van der Waals surface area (Å²) in [6, 6.07) is 7.86. The van der Waals surface area contributed by atoms with E-state index in [-0.39, 0.29) is 0 Å². The lowest BCUT2D eigenvalue weighted by Crippen LogP contribution is -2.02. The van der Waals surface area contributed by atoms with E-state index in [4.69, 9.17) is 23.2 Å². The molecule has 0 unspecified atom stereocenters. The molecular formula is C15H14Cl2N4. The van der Waals surface area contributed by atoms with Crippen LogP contribution in [-0.2, 0) is 12.8 Å². The molecule has 1 aromatic carbocycles. The number of rotatable bonds is 4. The first kappa shape index (κ1) is 14.3. The maximum absolute atomic E-state index is 6.19. The Balaban J connectivity index is 1.90. The second kappa shape index (κ2) is 6.00. The van der Waals surface area contributed by atoms with E-state index >= 15 is 0 Å². The quantitative estimate of drug-likeness (QED) is 0.733. The normalized spacial score (nSPS) is 11.2. The van der Waals surface area contributed by atoms with Crippen molar-refractivity contribution in [1.82, 2.24) is 19.9 Å². The number of nitrogens with one attached hydrogen (secondary N) is 1. The average molecular weight is 321 g/mol. The first-order valence-electron chi connectivity index (χ1n) is 6.81. The summed E-state index contributed by atoms with van der Waals surface area (Å²) in [5.74, 6) is 1.37. The third kappa shape index (κ3) is 3.01. The van der Waals surface area contributed by atoms with E-state index < -0.39 is 0 Å². The molecule has 0 aliphatic heterocycles. The number of aromatic amines is 1. The molecule has 3 rings (SSSR count). The van der Waals surface area contributed by atoms with Crippen molar-refractivity contribution in [3.05, 3.63) is 51.8 Å². The van der Waals surface area contributed by atoms with Crippen LogP contribution in [0.25, 0.3) is 11.0 Å². The molecule has 6 heteroatoms. The van der Waals surface area contributed by atoms with Gasteiger partial charge >= 0.3 is 0 Å². The molecular weight excluding hydrogens is 307 g/mol. The zero-order chi connectivity index (χ0) is 14.8. The molecule has 2 aromatic heterocycles. The Bertz CT molecular complexity index is 726. The maximum Gasteiger partial charge on any atom is 0.139 e. The lowest BCUT2D eigenvalue weighted by Gasteiger charge is -2.06. The van der Waals surface area contributed by atoms with Crippen molar-refractivity contribution in [2.24, 2.45) is 0 Å². The van der Waals surface area contributed by atoms with Gasteiger partial charge in [-0.25, -0.2) is 15.0 Å². The summed E-state index contributed by atoms with van der Waals surface area (Å²) in [6.45, 7) is 2.06. The minimum atomic E-state index is 0.433. The number of halogens is 2. The largest absolute Gasteiger partial charge is 0.342 e. The Kier molecular flexibility index (Phi) is 4.08. The van der Waals surface area contributed by atoms with Crippen LogP contribution in [0.5, 0.6) is 0 Å². The van der Waals surface area contributed by atoms with Crippen molar-refractivity contribution in [2.45, 2.75) is 26.2 Å². The summed E-state index contributed by atoms with van der Waals surface area (Å²) in [6.07, 6.45) is 2.20. The van der Waals surface area contributed by atoms with Gasteiger partial charge in [0.05, 0.1) is 17.5 Å². The molecule has 4 nitrogen and oxygen atoms in total. The Labute approximate surface area is 132 Å². The van der Waals surface area contributed by atoms with Crippen LogP contribution >= 0.6 is 23.2 Å². The summed E-state index contributed by atoms with van der Waals surface area (Å²) < 4.78 is 0. The van der Waals surface area contributed by atoms with Crippen LogP contribution in [0, 0.1) is 0 Å². The van der Waals surface area contributed by atoms with Crippen LogP contribution in [0.3, 0.4) is 0 Å². The lowest BCUT2D eigenvalue weighted by molar-refractivity contribution is 0.864. The molecule has 108 valence electrons. The van der Waals surface area contributed by atoms with Gasteiger partial charge in [0.25, 0.3) is 0 Å². The first-order chi connectivity index (χ1) is 10.2. The fourth-order valence-electron chi connectivity index (χ4n) is 2.25. The molecule has 0 fully saturated rings. The molecule has 3 aromatic rings. The molecule has 2 heterocycles. The van der Waals surface area contributed by atoms with Gasteiger partial charge in [0, 0.05) is 5.56 Å². The van der Waals surface area contributed by atoms with Crippen molar-refractivity contribution in [3.63, 3.8) is 0 Å². The van der Waals surface area contributed by atoms with Gasteiger partial charge in [0.2, 0.25) is 0 Å². The predicted molar refractivity (Wildman–Crippen MR) is 84.9 cm³/mol. The Hall–Kier alpha value is -1.65. The van der Waals surface area contributed by atoms with Gasteiger partial charge < -0.3 is 4.98 Å². The van der Waals surface area contributed by atoms with Gasteiger partial charge in [-0.2, -0.15) is 0 Å². The number of fused-ring (bicyclic) bond motifs is 1. The van der Waals surface area contributed by atoms with Crippen LogP contribution in [0.1, 0.15) is 30.6 Å². The summed E-state index contributed by atoms with van der Waals surface area (Å²) in [5.41, 5.74) is 2.73. The van der Waals surface area contributed by atoms with Crippen molar-refractivity contribution in [3.8, 4) is 0 Å². The Morgan fingerprint density at radius 1 is 1.05 bits per heavy atom. The number of para-hydroxylation sites is 2. The molecule has 21 heavy (non-hydrogen) atoms. The third-order valence-corrected chi connectivity index (χ3v) is 3.84. The van der Waals surface area contributed by atoms with Crippen LogP contribution in [0.15, 0.2) is 24.3 Å². The molecule has 0 radical (unpaired) electrons. The zero-order valence-electron chi connectivity index (χ0n) is 11.5. The predicted octanol–water partition coefficient (Wildman–Crippen LogP) is 4.20. The second-order valence-corrected chi connectivity index (χ2v) is 5.54.